The molecular weight excluding hydrogens is 341 g/mol. The lowest BCUT2D eigenvalue weighted by Gasteiger charge is -2.31. The lowest BCUT2D eigenvalue weighted by atomic mass is 10.2. The van der Waals surface area contributed by atoms with Gasteiger partial charge < -0.3 is 25.0 Å². The van der Waals surface area contributed by atoms with E-state index in [2.05, 4.69) is 5.32 Å². The molecule has 1 aromatic rings. The van der Waals surface area contributed by atoms with E-state index in [4.69, 9.17) is 21.4 Å². The van der Waals surface area contributed by atoms with E-state index < -0.39 is 17.8 Å². The Morgan fingerprint density at radius 2 is 2.08 bits per heavy atom. The number of carboxylic acids is 1. The van der Waals surface area contributed by atoms with Crippen LogP contribution in [0.3, 0.4) is 0 Å². The number of benzene rings is 1. The molecule has 2 amide bonds. The van der Waals surface area contributed by atoms with E-state index >= 15 is 0 Å². The van der Waals surface area contributed by atoms with Gasteiger partial charge in [0.1, 0.15) is 0 Å². The summed E-state index contributed by atoms with van der Waals surface area (Å²) in [7, 11) is 1.47. The van der Waals surface area contributed by atoms with E-state index in [9.17, 15) is 14.0 Å². The summed E-state index contributed by atoms with van der Waals surface area (Å²) in [5, 5.41) is 11.3. The average Bonchev–Trinajstić information content (AvgIpc) is 2.57. The predicted molar refractivity (Wildman–Crippen MR) is 88.3 cm³/mol. The highest BCUT2D eigenvalue weighted by molar-refractivity contribution is 6.31. The number of rotatable bonds is 5. The monoisotopic (exact) mass is 359 g/mol. The second kappa shape index (κ2) is 8.16. The molecule has 0 saturated carbocycles. The third-order valence-electron chi connectivity index (χ3n) is 3.65. The molecule has 2 rings (SSSR count). The van der Waals surface area contributed by atoms with Gasteiger partial charge in [-0.3, -0.25) is 4.79 Å². The van der Waals surface area contributed by atoms with Crippen molar-refractivity contribution in [1.29, 1.82) is 0 Å². The van der Waals surface area contributed by atoms with Crippen molar-refractivity contribution in [2.24, 2.45) is 0 Å². The summed E-state index contributed by atoms with van der Waals surface area (Å²) in [5.41, 5.74) is 0.497. The number of ether oxygens (including phenoxy) is 1. The molecule has 0 unspecified atom stereocenters. The zero-order valence-corrected chi connectivity index (χ0v) is 14.0. The van der Waals surface area contributed by atoms with Gasteiger partial charge in [0.2, 0.25) is 0 Å². The predicted octanol–water partition coefficient (Wildman–Crippen LogP) is 2.25. The van der Waals surface area contributed by atoms with Crippen LogP contribution >= 0.6 is 11.6 Å². The quantitative estimate of drug-likeness (QED) is 0.842. The molecule has 1 heterocycles. The highest BCUT2D eigenvalue weighted by atomic mass is 35.5. The van der Waals surface area contributed by atoms with Gasteiger partial charge in [-0.25, -0.2) is 9.18 Å². The third-order valence-corrected chi connectivity index (χ3v) is 3.94. The molecule has 9 heteroatoms. The standard InChI is InChI=1S/C15H19ClFN3O4/c1-19(5-4-12(21)22)15(23)18-11-3-2-10(16)13(17)14(11)20-6-8-24-9-7-20/h2-3H,4-9H2,1H3,(H,18,23)(H,21,22). The molecule has 1 aliphatic heterocycles. The maximum Gasteiger partial charge on any atom is 0.321 e. The van der Waals surface area contributed by atoms with Gasteiger partial charge in [-0.2, -0.15) is 0 Å². The first-order valence-corrected chi connectivity index (χ1v) is 7.82. The van der Waals surface area contributed by atoms with Gasteiger partial charge in [0.25, 0.3) is 0 Å². The van der Waals surface area contributed by atoms with Crippen molar-refractivity contribution < 1.29 is 23.8 Å². The molecule has 0 radical (unpaired) electrons. The number of carbonyl (C=O) groups excluding carboxylic acids is 1. The molecule has 24 heavy (non-hydrogen) atoms. The van der Waals surface area contributed by atoms with Crippen molar-refractivity contribution in [2.75, 3.05) is 50.1 Å². The lowest BCUT2D eigenvalue weighted by Crippen LogP contribution is -2.38. The number of halogens is 2. The van der Waals surface area contributed by atoms with Crippen molar-refractivity contribution in [3.05, 3.63) is 23.0 Å². The van der Waals surface area contributed by atoms with E-state index in [-0.39, 0.29) is 29.4 Å². The average molecular weight is 360 g/mol. The van der Waals surface area contributed by atoms with E-state index in [1.165, 1.54) is 24.1 Å². The lowest BCUT2D eigenvalue weighted by molar-refractivity contribution is -0.137. The van der Waals surface area contributed by atoms with Crippen LogP contribution in [0.2, 0.25) is 5.02 Å². The molecule has 1 aromatic carbocycles. The number of amides is 2. The van der Waals surface area contributed by atoms with Gasteiger partial charge >= 0.3 is 12.0 Å². The maximum atomic E-state index is 14.5. The van der Waals surface area contributed by atoms with Crippen molar-refractivity contribution in [3.8, 4) is 0 Å². The Labute approximate surface area is 143 Å². The van der Waals surface area contributed by atoms with Crippen LogP contribution in [0.15, 0.2) is 12.1 Å². The molecular formula is C15H19ClFN3O4. The summed E-state index contributed by atoms with van der Waals surface area (Å²) in [5.74, 6) is -1.61. The summed E-state index contributed by atoms with van der Waals surface area (Å²) < 4.78 is 19.8. The van der Waals surface area contributed by atoms with Gasteiger partial charge in [0, 0.05) is 26.7 Å². The Kier molecular flexibility index (Phi) is 6.22. The van der Waals surface area contributed by atoms with E-state index in [1.807, 2.05) is 0 Å². The number of nitrogens with zero attached hydrogens (tertiary/aromatic N) is 2. The molecule has 0 aromatic heterocycles. The fourth-order valence-corrected chi connectivity index (χ4v) is 2.46. The van der Waals surface area contributed by atoms with Gasteiger partial charge in [0.05, 0.1) is 36.0 Å². The number of carbonyl (C=O) groups is 2. The Morgan fingerprint density at radius 1 is 1.42 bits per heavy atom. The number of hydrogen-bond donors (Lipinski definition) is 2. The second-order valence-corrected chi connectivity index (χ2v) is 5.76. The van der Waals surface area contributed by atoms with Crippen LogP contribution in [0, 0.1) is 5.82 Å². The van der Waals surface area contributed by atoms with Crippen LogP contribution in [0.4, 0.5) is 20.6 Å². The third kappa shape index (κ3) is 4.48. The Balaban J connectivity index is 2.18. The van der Waals surface area contributed by atoms with E-state index in [0.717, 1.165) is 0 Å². The number of carboxylic acid groups (broad SMARTS) is 1. The van der Waals surface area contributed by atoms with Crippen molar-refractivity contribution in [2.45, 2.75) is 6.42 Å². The molecule has 1 saturated heterocycles. The van der Waals surface area contributed by atoms with Gasteiger partial charge in [-0.05, 0) is 12.1 Å². The minimum atomic E-state index is -0.999. The Bertz CT molecular complexity index is 623. The molecule has 0 spiro atoms. The number of anilines is 2. The van der Waals surface area contributed by atoms with Crippen LogP contribution in [0.1, 0.15) is 6.42 Å². The zero-order valence-electron chi connectivity index (χ0n) is 13.2. The van der Waals surface area contributed by atoms with Gasteiger partial charge in [0.15, 0.2) is 5.82 Å². The van der Waals surface area contributed by atoms with Crippen LogP contribution in [0.5, 0.6) is 0 Å². The Morgan fingerprint density at radius 3 is 2.71 bits per heavy atom. The smallest absolute Gasteiger partial charge is 0.321 e. The van der Waals surface area contributed by atoms with Crippen LogP contribution in [-0.4, -0.2) is 61.9 Å². The normalized spacial score (nSPS) is 14.4. The summed E-state index contributed by atoms with van der Waals surface area (Å²) in [6, 6.07) is 2.37. The summed E-state index contributed by atoms with van der Waals surface area (Å²) in [6.07, 6.45) is -0.171. The molecule has 0 bridgehead atoms. The molecule has 0 atom stereocenters. The fraction of sp³-hybridized carbons (Fsp3) is 0.467. The first-order chi connectivity index (χ1) is 11.4. The largest absolute Gasteiger partial charge is 0.481 e. The highest BCUT2D eigenvalue weighted by Gasteiger charge is 2.23. The number of aliphatic carboxylic acids is 1. The van der Waals surface area contributed by atoms with Crippen LogP contribution in [-0.2, 0) is 9.53 Å². The number of urea groups is 1. The van der Waals surface area contributed by atoms with Crippen LogP contribution < -0.4 is 10.2 Å². The van der Waals surface area contributed by atoms with Crippen molar-refractivity contribution >= 4 is 35.0 Å². The fourth-order valence-electron chi connectivity index (χ4n) is 2.31. The number of morpholine rings is 1. The molecule has 1 aliphatic rings. The maximum absolute atomic E-state index is 14.5. The Hall–Kier alpha value is -2.06. The highest BCUT2D eigenvalue weighted by Crippen LogP contribution is 2.34. The first-order valence-electron chi connectivity index (χ1n) is 7.44. The molecule has 1 fully saturated rings. The number of hydrogen-bond acceptors (Lipinski definition) is 4. The first kappa shape index (κ1) is 18.3. The van der Waals surface area contributed by atoms with E-state index in [1.54, 1.807) is 4.90 Å². The van der Waals surface area contributed by atoms with Gasteiger partial charge in [-0.1, -0.05) is 11.6 Å². The van der Waals surface area contributed by atoms with Crippen LogP contribution in [0.25, 0.3) is 0 Å². The molecule has 132 valence electrons. The SMILES string of the molecule is CN(CCC(=O)O)C(=O)Nc1ccc(Cl)c(F)c1N1CCOCC1. The topological polar surface area (TPSA) is 82.1 Å². The van der Waals surface area contributed by atoms with Crippen molar-refractivity contribution in [1.82, 2.24) is 4.90 Å². The number of nitrogens with one attached hydrogen (secondary N) is 1. The van der Waals surface area contributed by atoms with Gasteiger partial charge in [-0.15, -0.1) is 0 Å². The summed E-state index contributed by atoms with van der Waals surface area (Å²) in [4.78, 5) is 25.8. The molecule has 7 nitrogen and oxygen atoms in total. The second-order valence-electron chi connectivity index (χ2n) is 5.35. The minimum Gasteiger partial charge on any atom is -0.481 e. The zero-order chi connectivity index (χ0) is 17.7. The van der Waals surface area contributed by atoms with E-state index in [0.29, 0.717) is 26.3 Å². The molecule has 0 aliphatic carbocycles. The van der Waals surface area contributed by atoms with Crippen molar-refractivity contribution in [3.63, 3.8) is 0 Å². The summed E-state index contributed by atoms with van der Waals surface area (Å²) in [6.45, 7) is 1.92. The minimum absolute atomic E-state index is 0.0336. The summed E-state index contributed by atoms with van der Waals surface area (Å²) >= 11 is 5.87. The molecule has 2 N–H and O–H groups in total.